The fourth-order valence-corrected chi connectivity index (χ4v) is 2.52. The van der Waals surface area contributed by atoms with Gasteiger partial charge in [0.25, 0.3) is 0 Å². The molecular formula is C19H33N. The summed E-state index contributed by atoms with van der Waals surface area (Å²) in [5.41, 5.74) is 3.37. The Morgan fingerprint density at radius 1 is 1.10 bits per heavy atom. The van der Waals surface area contributed by atoms with E-state index in [9.17, 15) is 0 Å². The van der Waals surface area contributed by atoms with Crippen LogP contribution in [0.5, 0.6) is 0 Å². The van der Waals surface area contributed by atoms with Crippen molar-refractivity contribution in [3.05, 3.63) is 35.4 Å². The van der Waals surface area contributed by atoms with Crippen LogP contribution in [-0.4, -0.2) is 12.6 Å². The van der Waals surface area contributed by atoms with Gasteiger partial charge < -0.3 is 5.32 Å². The number of hydrogen-bond acceptors (Lipinski definition) is 1. The van der Waals surface area contributed by atoms with Crippen LogP contribution >= 0.6 is 0 Å². The topological polar surface area (TPSA) is 12.0 Å². The Bertz CT molecular complexity index is 376. The zero-order valence-electron chi connectivity index (χ0n) is 14.1. The standard InChI is InChI=1S/C19H33N/c1-6-15-20-18(13-14-19(3,4)5)12-11-17-10-8-7-9-16(17)2/h7-10,18,20H,6,11-15H2,1-5H3. The van der Waals surface area contributed by atoms with E-state index in [2.05, 4.69) is 64.2 Å². The lowest BCUT2D eigenvalue weighted by molar-refractivity contribution is 0.322. The lowest BCUT2D eigenvalue weighted by Crippen LogP contribution is -2.31. The molecule has 1 aromatic rings. The molecule has 1 rings (SSSR count). The molecule has 0 fully saturated rings. The first kappa shape index (κ1) is 17.2. The molecule has 0 aliphatic rings. The SMILES string of the molecule is CCCNC(CCc1ccccc1C)CCC(C)(C)C. The first-order valence-electron chi connectivity index (χ1n) is 8.20. The van der Waals surface area contributed by atoms with Gasteiger partial charge in [-0.25, -0.2) is 0 Å². The summed E-state index contributed by atoms with van der Waals surface area (Å²) in [5.74, 6) is 0. The third-order valence-electron chi connectivity index (χ3n) is 3.95. The van der Waals surface area contributed by atoms with Gasteiger partial charge in [-0.3, -0.25) is 0 Å². The zero-order chi connectivity index (χ0) is 15.0. The third-order valence-corrected chi connectivity index (χ3v) is 3.95. The minimum Gasteiger partial charge on any atom is -0.314 e. The Kier molecular flexibility index (Phi) is 7.29. The molecule has 114 valence electrons. The fraction of sp³-hybridized carbons (Fsp3) is 0.684. The van der Waals surface area contributed by atoms with Crippen LogP contribution in [0.2, 0.25) is 0 Å². The smallest absolute Gasteiger partial charge is 0.00704 e. The predicted molar refractivity (Wildman–Crippen MR) is 90.3 cm³/mol. The number of aryl methyl sites for hydroxylation is 2. The highest BCUT2D eigenvalue weighted by Gasteiger charge is 2.15. The van der Waals surface area contributed by atoms with E-state index in [0.29, 0.717) is 11.5 Å². The van der Waals surface area contributed by atoms with Crippen molar-refractivity contribution in [2.75, 3.05) is 6.54 Å². The van der Waals surface area contributed by atoms with Gasteiger partial charge in [-0.2, -0.15) is 0 Å². The summed E-state index contributed by atoms with van der Waals surface area (Å²) in [6.07, 6.45) is 6.24. The molecule has 0 aliphatic heterocycles. The van der Waals surface area contributed by atoms with Crippen LogP contribution in [0, 0.1) is 12.3 Å². The van der Waals surface area contributed by atoms with E-state index in [1.165, 1.54) is 43.2 Å². The van der Waals surface area contributed by atoms with Crippen molar-refractivity contribution in [1.29, 1.82) is 0 Å². The van der Waals surface area contributed by atoms with Gasteiger partial charge >= 0.3 is 0 Å². The summed E-state index contributed by atoms with van der Waals surface area (Å²) in [6.45, 7) is 12.6. The van der Waals surface area contributed by atoms with E-state index in [1.807, 2.05) is 0 Å². The first-order chi connectivity index (χ1) is 9.42. The molecule has 1 aromatic carbocycles. The highest BCUT2D eigenvalue weighted by atomic mass is 14.9. The minimum atomic E-state index is 0.439. The normalized spacial score (nSPS) is 13.4. The van der Waals surface area contributed by atoms with Crippen molar-refractivity contribution in [3.8, 4) is 0 Å². The lowest BCUT2D eigenvalue weighted by Gasteiger charge is -2.24. The van der Waals surface area contributed by atoms with Crippen LogP contribution in [0.1, 0.15) is 64.5 Å². The monoisotopic (exact) mass is 275 g/mol. The van der Waals surface area contributed by atoms with Crippen LogP contribution in [0.15, 0.2) is 24.3 Å². The maximum absolute atomic E-state index is 3.73. The van der Waals surface area contributed by atoms with Gasteiger partial charge in [0.05, 0.1) is 0 Å². The molecule has 1 atom stereocenters. The quantitative estimate of drug-likeness (QED) is 0.694. The Hall–Kier alpha value is -0.820. The van der Waals surface area contributed by atoms with Crippen molar-refractivity contribution in [3.63, 3.8) is 0 Å². The average molecular weight is 275 g/mol. The van der Waals surface area contributed by atoms with Gasteiger partial charge in [-0.15, -0.1) is 0 Å². The van der Waals surface area contributed by atoms with Crippen molar-refractivity contribution in [1.82, 2.24) is 5.32 Å². The number of hydrogen-bond donors (Lipinski definition) is 1. The second-order valence-electron chi connectivity index (χ2n) is 7.22. The van der Waals surface area contributed by atoms with Crippen LogP contribution in [0.25, 0.3) is 0 Å². The molecule has 0 saturated carbocycles. The second-order valence-corrected chi connectivity index (χ2v) is 7.22. The molecule has 20 heavy (non-hydrogen) atoms. The zero-order valence-corrected chi connectivity index (χ0v) is 14.1. The second kappa shape index (κ2) is 8.46. The molecule has 1 heteroatoms. The fourth-order valence-electron chi connectivity index (χ4n) is 2.52. The molecule has 0 spiro atoms. The first-order valence-corrected chi connectivity index (χ1v) is 8.20. The predicted octanol–water partition coefficient (Wildman–Crippen LogP) is 5.12. The van der Waals surface area contributed by atoms with E-state index >= 15 is 0 Å². The summed E-state index contributed by atoms with van der Waals surface area (Å²) in [4.78, 5) is 0. The van der Waals surface area contributed by atoms with E-state index in [4.69, 9.17) is 0 Å². The molecule has 0 aliphatic carbocycles. The van der Waals surface area contributed by atoms with Gasteiger partial charge in [0, 0.05) is 6.04 Å². The third kappa shape index (κ3) is 7.09. The summed E-state index contributed by atoms with van der Waals surface area (Å²) in [6, 6.07) is 9.44. The molecule has 0 heterocycles. The Morgan fingerprint density at radius 2 is 1.80 bits per heavy atom. The summed E-state index contributed by atoms with van der Waals surface area (Å²) < 4.78 is 0. The molecule has 0 bridgehead atoms. The van der Waals surface area contributed by atoms with Crippen molar-refractivity contribution < 1.29 is 0 Å². The van der Waals surface area contributed by atoms with Crippen LogP contribution in [0.4, 0.5) is 0 Å². The van der Waals surface area contributed by atoms with Crippen LogP contribution < -0.4 is 5.32 Å². The number of benzene rings is 1. The molecule has 1 nitrogen and oxygen atoms in total. The molecule has 1 unspecified atom stereocenters. The van der Waals surface area contributed by atoms with E-state index in [-0.39, 0.29) is 0 Å². The largest absolute Gasteiger partial charge is 0.314 e. The molecule has 0 radical (unpaired) electrons. The number of rotatable bonds is 8. The van der Waals surface area contributed by atoms with Crippen molar-refractivity contribution in [2.24, 2.45) is 5.41 Å². The lowest BCUT2D eigenvalue weighted by atomic mass is 9.87. The molecule has 0 amide bonds. The Balaban J connectivity index is 2.49. The van der Waals surface area contributed by atoms with Gasteiger partial charge in [-0.1, -0.05) is 52.0 Å². The number of nitrogens with one attached hydrogen (secondary N) is 1. The summed E-state index contributed by atoms with van der Waals surface area (Å²) in [7, 11) is 0. The van der Waals surface area contributed by atoms with Gasteiger partial charge in [0.2, 0.25) is 0 Å². The maximum atomic E-state index is 3.73. The van der Waals surface area contributed by atoms with Crippen LogP contribution in [0.3, 0.4) is 0 Å². The van der Waals surface area contributed by atoms with Gasteiger partial charge in [0.15, 0.2) is 0 Å². The Labute approximate surface area is 126 Å². The average Bonchev–Trinajstić information content (AvgIpc) is 2.38. The summed E-state index contributed by atoms with van der Waals surface area (Å²) in [5, 5.41) is 3.73. The Morgan fingerprint density at radius 3 is 2.40 bits per heavy atom. The molecule has 1 N–H and O–H groups in total. The van der Waals surface area contributed by atoms with E-state index in [0.717, 1.165) is 6.54 Å². The molecular weight excluding hydrogens is 242 g/mol. The minimum absolute atomic E-state index is 0.439. The van der Waals surface area contributed by atoms with Crippen molar-refractivity contribution >= 4 is 0 Å². The molecule has 0 saturated heterocycles. The van der Waals surface area contributed by atoms with E-state index in [1.54, 1.807) is 0 Å². The van der Waals surface area contributed by atoms with E-state index < -0.39 is 0 Å². The van der Waals surface area contributed by atoms with Gasteiger partial charge in [0.1, 0.15) is 0 Å². The van der Waals surface area contributed by atoms with Crippen molar-refractivity contribution in [2.45, 2.75) is 72.8 Å². The van der Waals surface area contributed by atoms with Gasteiger partial charge in [-0.05, 0) is 62.1 Å². The molecule has 0 aromatic heterocycles. The maximum Gasteiger partial charge on any atom is 0.00704 e. The summed E-state index contributed by atoms with van der Waals surface area (Å²) >= 11 is 0. The highest BCUT2D eigenvalue weighted by molar-refractivity contribution is 5.25. The van der Waals surface area contributed by atoms with Crippen LogP contribution in [-0.2, 0) is 6.42 Å². The highest BCUT2D eigenvalue weighted by Crippen LogP contribution is 2.23.